The number of halogens is 1. The molecule has 0 unspecified atom stereocenters. The predicted octanol–water partition coefficient (Wildman–Crippen LogP) is 4.20. The number of anilines is 1. The molecule has 0 radical (unpaired) electrons. The molecule has 33 heavy (non-hydrogen) atoms. The first-order valence-electron chi connectivity index (χ1n) is 8.98. The fraction of sp³-hybridized carbons (Fsp3) is 0.0500. The van der Waals surface area contributed by atoms with Crippen molar-refractivity contribution in [3.63, 3.8) is 0 Å². The van der Waals surface area contributed by atoms with E-state index in [-0.39, 0.29) is 21.4 Å². The number of benzene rings is 3. The van der Waals surface area contributed by atoms with Crippen molar-refractivity contribution in [3.05, 3.63) is 97.5 Å². The monoisotopic (exact) mass is 491 g/mol. The molecule has 11 nitrogen and oxygen atoms in total. The van der Waals surface area contributed by atoms with Gasteiger partial charge in [0.15, 0.2) is 0 Å². The van der Waals surface area contributed by atoms with Crippen LogP contribution in [0.2, 0.25) is 5.02 Å². The number of amides is 1. The number of carbonyl (C=O) groups excluding carboxylic acids is 1. The summed E-state index contributed by atoms with van der Waals surface area (Å²) in [5.74, 6) is -1.05. The third kappa shape index (κ3) is 4.76. The lowest BCUT2D eigenvalue weighted by Gasteiger charge is -2.23. The molecule has 13 heteroatoms. The van der Waals surface area contributed by atoms with Crippen molar-refractivity contribution in [2.75, 3.05) is 11.4 Å². The van der Waals surface area contributed by atoms with E-state index in [1.807, 2.05) is 0 Å². The Morgan fingerprint density at radius 3 is 2.00 bits per heavy atom. The second kappa shape index (κ2) is 9.22. The minimum Gasteiger partial charge on any atom is -0.495 e. The molecule has 0 atom stereocenters. The number of nitro groups is 2. The summed E-state index contributed by atoms with van der Waals surface area (Å²) >= 11 is 6.12. The Kier molecular flexibility index (Phi) is 6.60. The Hall–Kier alpha value is -4.03. The van der Waals surface area contributed by atoms with Crippen molar-refractivity contribution >= 4 is 44.6 Å². The van der Waals surface area contributed by atoms with Crippen molar-refractivity contribution in [3.8, 4) is 5.75 Å². The van der Waals surface area contributed by atoms with Crippen LogP contribution in [0.15, 0.2) is 71.6 Å². The summed E-state index contributed by atoms with van der Waals surface area (Å²) in [5, 5.41) is 22.5. The number of non-ortho nitro benzene ring substituents is 2. The van der Waals surface area contributed by atoms with Gasteiger partial charge in [-0.05, 0) is 30.3 Å². The molecule has 0 aliphatic carbocycles. The highest BCUT2D eigenvalue weighted by atomic mass is 35.5. The Balaban J connectivity index is 2.26. The van der Waals surface area contributed by atoms with Gasteiger partial charge in [-0.15, -0.1) is 0 Å². The van der Waals surface area contributed by atoms with E-state index in [1.165, 1.54) is 43.5 Å². The lowest BCUT2D eigenvalue weighted by atomic mass is 10.1. The van der Waals surface area contributed by atoms with Crippen molar-refractivity contribution in [1.82, 2.24) is 0 Å². The smallest absolute Gasteiger partial charge is 0.277 e. The molecule has 1 amide bonds. The van der Waals surface area contributed by atoms with Gasteiger partial charge < -0.3 is 4.74 Å². The van der Waals surface area contributed by atoms with Crippen LogP contribution in [0, 0.1) is 20.2 Å². The van der Waals surface area contributed by atoms with Gasteiger partial charge >= 0.3 is 0 Å². The van der Waals surface area contributed by atoms with Crippen LogP contribution in [0.25, 0.3) is 0 Å². The van der Waals surface area contributed by atoms with Crippen LogP contribution in [0.3, 0.4) is 0 Å². The number of ether oxygens (including phenoxy) is 1. The van der Waals surface area contributed by atoms with E-state index in [0.29, 0.717) is 10.4 Å². The summed E-state index contributed by atoms with van der Waals surface area (Å²) in [6, 6.07) is 12.9. The molecule has 0 heterocycles. The molecule has 0 bridgehead atoms. The van der Waals surface area contributed by atoms with Crippen molar-refractivity contribution in [2.45, 2.75) is 4.90 Å². The Morgan fingerprint density at radius 2 is 1.52 bits per heavy atom. The van der Waals surface area contributed by atoms with E-state index in [1.54, 1.807) is 6.07 Å². The topological polar surface area (TPSA) is 150 Å². The highest BCUT2D eigenvalue weighted by Gasteiger charge is 2.34. The maximum absolute atomic E-state index is 13.4. The van der Waals surface area contributed by atoms with Gasteiger partial charge in [-0.1, -0.05) is 29.8 Å². The standard InChI is InChI=1S/C20H14ClN3O8S/c1-32-19-8-7-14(12-18(19)21)22(33(30,31)17-5-3-2-4-6-17)20(25)13-9-15(23(26)27)11-16(10-13)24(28)29/h2-12H,1H3. The van der Waals surface area contributed by atoms with Crippen molar-refractivity contribution in [1.29, 1.82) is 0 Å². The van der Waals surface area contributed by atoms with E-state index >= 15 is 0 Å². The summed E-state index contributed by atoms with van der Waals surface area (Å²) < 4.78 is 32.2. The molecule has 0 aliphatic rings. The van der Waals surface area contributed by atoms with Gasteiger partial charge in [0.1, 0.15) is 5.75 Å². The maximum Gasteiger partial charge on any atom is 0.277 e. The van der Waals surface area contributed by atoms with E-state index in [9.17, 15) is 33.4 Å². The van der Waals surface area contributed by atoms with Crippen LogP contribution in [-0.2, 0) is 10.0 Å². The maximum atomic E-state index is 13.4. The summed E-state index contributed by atoms with van der Waals surface area (Å²) in [7, 11) is -3.22. The predicted molar refractivity (Wildman–Crippen MR) is 118 cm³/mol. The molecule has 0 spiro atoms. The van der Waals surface area contributed by atoms with E-state index < -0.39 is 42.7 Å². The van der Waals surface area contributed by atoms with Gasteiger partial charge in [-0.3, -0.25) is 25.0 Å². The third-order valence-electron chi connectivity index (χ3n) is 4.41. The number of methoxy groups -OCH3 is 1. The highest BCUT2D eigenvalue weighted by molar-refractivity contribution is 7.93. The zero-order chi connectivity index (χ0) is 24.3. The van der Waals surface area contributed by atoms with Crippen LogP contribution in [0.4, 0.5) is 17.1 Å². The van der Waals surface area contributed by atoms with Gasteiger partial charge in [-0.25, -0.2) is 8.42 Å². The van der Waals surface area contributed by atoms with Gasteiger partial charge in [0.05, 0.1) is 44.2 Å². The van der Waals surface area contributed by atoms with Gasteiger partial charge in [0.2, 0.25) is 0 Å². The minimum atomic E-state index is -4.56. The Labute approximate surface area is 192 Å². The van der Waals surface area contributed by atoms with E-state index in [4.69, 9.17) is 16.3 Å². The SMILES string of the molecule is COc1ccc(N(C(=O)c2cc([N+](=O)[O-])cc([N+](=O)[O-])c2)S(=O)(=O)c2ccccc2)cc1Cl. The summed E-state index contributed by atoms with van der Waals surface area (Å²) in [4.78, 5) is 33.8. The van der Waals surface area contributed by atoms with Crippen LogP contribution in [-0.4, -0.2) is 31.3 Å². The van der Waals surface area contributed by atoms with E-state index in [0.717, 1.165) is 18.2 Å². The molecule has 0 saturated carbocycles. The molecule has 170 valence electrons. The number of rotatable bonds is 7. The summed E-state index contributed by atoms with van der Waals surface area (Å²) in [6.07, 6.45) is 0. The minimum absolute atomic E-state index is 0.0129. The number of nitrogens with zero attached hydrogens (tertiary/aromatic N) is 3. The van der Waals surface area contributed by atoms with Crippen LogP contribution in [0.5, 0.6) is 5.75 Å². The van der Waals surface area contributed by atoms with Crippen LogP contribution < -0.4 is 9.04 Å². The highest BCUT2D eigenvalue weighted by Crippen LogP contribution is 2.34. The zero-order valence-corrected chi connectivity index (χ0v) is 18.3. The average Bonchev–Trinajstić information content (AvgIpc) is 2.79. The molecular weight excluding hydrogens is 478 g/mol. The Bertz CT molecular complexity index is 1330. The molecule has 0 saturated heterocycles. The number of sulfonamides is 1. The lowest BCUT2D eigenvalue weighted by Crippen LogP contribution is -2.37. The van der Waals surface area contributed by atoms with E-state index in [2.05, 4.69) is 0 Å². The van der Waals surface area contributed by atoms with Gasteiger partial charge in [-0.2, -0.15) is 4.31 Å². The summed E-state index contributed by atoms with van der Waals surface area (Å²) in [5.41, 5.74) is -2.29. The molecule has 3 aromatic rings. The third-order valence-corrected chi connectivity index (χ3v) is 6.43. The normalized spacial score (nSPS) is 11.0. The number of hydrogen-bond donors (Lipinski definition) is 0. The number of hydrogen-bond acceptors (Lipinski definition) is 8. The molecule has 3 aromatic carbocycles. The summed E-state index contributed by atoms with van der Waals surface area (Å²) in [6.45, 7) is 0. The van der Waals surface area contributed by atoms with Crippen molar-refractivity contribution in [2.24, 2.45) is 0 Å². The quantitative estimate of drug-likeness (QED) is 0.352. The fourth-order valence-corrected chi connectivity index (χ4v) is 4.57. The average molecular weight is 492 g/mol. The second-order valence-corrected chi connectivity index (χ2v) is 8.65. The first kappa shape index (κ1) is 23.6. The largest absolute Gasteiger partial charge is 0.495 e. The fourth-order valence-electron chi connectivity index (χ4n) is 2.89. The molecule has 0 fully saturated rings. The molecule has 3 rings (SSSR count). The molecule has 0 aliphatic heterocycles. The van der Waals surface area contributed by atoms with Gasteiger partial charge in [0.25, 0.3) is 27.3 Å². The first-order valence-corrected chi connectivity index (χ1v) is 10.8. The molecule has 0 aromatic heterocycles. The molecular formula is C20H14ClN3O8S. The Morgan fingerprint density at radius 1 is 0.939 bits per heavy atom. The zero-order valence-electron chi connectivity index (χ0n) is 16.7. The number of nitro benzene ring substituents is 2. The first-order chi connectivity index (χ1) is 15.6. The lowest BCUT2D eigenvalue weighted by molar-refractivity contribution is -0.394. The van der Waals surface area contributed by atoms with Gasteiger partial charge in [0, 0.05) is 12.1 Å². The molecule has 0 N–H and O–H groups in total. The second-order valence-electron chi connectivity index (χ2n) is 6.46. The number of carbonyl (C=O) groups is 1. The van der Waals surface area contributed by atoms with Crippen molar-refractivity contribution < 1.29 is 27.8 Å². The van der Waals surface area contributed by atoms with Crippen LogP contribution >= 0.6 is 11.6 Å². The van der Waals surface area contributed by atoms with Crippen LogP contribution in [0.1, 0.15) is 10.4 Å².